The molecule has 3 aliphatic rings. The molecule has 148 valence electrons. The second-order valence-electron chi connectivity index (χ2n) is 8.63. The number of anilines is 1. The molecule has 5 rings (SSSR count). The molecule has 0 unspecified atom stereocenters. The molecule has 1 N–H and O–H groups in total. The van der Waals surface area contributed by atoms with Crippen LogP contribution in [0.4, 0.5) is 5.69 Å². The molecule has 5 nitrogen and oxygen atoms in total. The van der Waals surface area contributed by atoms with Crippen molar-refractivity contribution in [2.45, 2.75) is 37.8 Å². The largest absolute Gasteiger partial charge is 0.454 e. The van der Waals surface area contributed by atoms with E-state index >= 15 is 0 Å². The van der Waals surface area contributed by atoms with E-state index in [1.54, 1.807) is 4.90 Å². The van der Waals surface area contributed by atoms with Gasteiger partial charge in [-0.15, -0.1) is 0 Å². The molecular formula is C23H29N2O3+. The second kappa shape index (κ2) is 6.59. The predicted octanol–water partition coefficient (Wildman–Crippen LogP) is 2.79. The summed E-state index contributed by atoms with van der Waals surface area (Å²) in [6, 6.07) is 13.1. The Bertz CT molecular complexity index is 874. The quantitative estimate of drug-likeness (QED) is 0.887. The first-order valence-corrected chi connectivity index (χ1v) is 10.3. The molecule has 1 saturated heterocycles. The monoisotopic (exact) mass is 381 g/mol. The highest BCUT2D eigenvalue weighted by Gasteiger charge is 2.47. The highest BCUT2D eigenvalue weighted by Crippen LogP contribution is 2.48. The first kappa shape index (κ1) is 17.7. The van der Waals surface area contributed by atoms with Gasteiger partial charge in [-0.2, -0.15) is 0 Å². The van der Waals surface area contributed by atoms with Crippen LogP contribution in [0.5, 0.6) is 17.2 Å². The topological polar surface area (TPSA) is 35.4 Å². The van der Waals surface area contributed by atoms with Gasteiger partial charge in [0, 0.05) is 57.1 Å². The SMILES string of the molecule is CN(C)c1ccc([C@@H]2C[C@@](C)([NH+]3CCCC3)Oc3cc4c(cc32)OCO4)cc1. The molecule has 2 atom stereocenters. The third-order valence-corrected chi connectivity index (χ3v) is 6.58. The molecule has 3 aliphatic heterocycles. The summed E-state index contributed by atoms with van der Waals surface area (Å²) in [5.41, 5.74) is 3.54. The summed E-state index contributed by atoms with van der Waals surface area (Å²) in [6.45, 7) is 4.93. The number of hydrogen-bond donors (Lipinski definition) is 1. The van der Waals surface area contributed by atoms with Crippen molar-refractivity contribution < 1.29 is 19.1 Å². The summed E-state index contributed by atoms with van der Waals surface area (Å²) in [6.07, 6.45) is 3.53. The number of fused-ring (bicyclic) bond motifs is 2. The Morgan fingerprint density at radius 1 is 0.964 bits per heavy atom. The maximum Gasteiger partial charge on any atom is 0.239 e. The summed E-state index contributed by atoms with van der Waals surface area (Å²) in [5, 5.41) is 0. The lowest BCUT2D eigenvalue weighted by Gasteiger charge is -2.42. The number of quaternary nitrogens is 1. The minimum Gasteiger partial charge on any atom is -0.454 e. The van der Waals surface area contributed by atoms with Crippen molar-refractivity contribution in [2.24, 2.45) is 0 Å². The van der Waals surface area contributed by atoms with Gasteiger partial charge in [0.25, 0.3) is 0 Å². The summed E-state index contributed by atoms with van der Waals surface area (Å²) in [7, 11) is 4.15. The lowest BCUT2D eigenvalue weighted by Crippen LogP contribution is -3.19. The molecule has 0 amide bonds. The molecule has 1 fully saturated rings. The smallest absolute Gasteiger partial charge is 0.239 e. The molecular weight excluding hydrogens is 352 g/mol. The van der Waals surface area contributed by atoms with E-state index in [-0.39, 0.29) is 18.4 Å². The zero-order valence-corrected chi connectivity index (χ0v) is 17.0. The van der Waals surface area contributed by atoms with Crippen molar-refractivity contribution in [2.75, 3.05) is 38.9 Å². The van der Waals surface area contributed by atoms with Gasteiger partial charge < -0.3 is 19.1 Å². The van der Waals surface area contributed by atoms with Gasteiger partial charge in [-0.1, -0.05) is 12.1 Å². The first-order valence-electron chi connectivity index (χ1n) is 10.3. The Morgan fingerprint density at radius 3 is 2.32 bits per heavy atom. The summed E-state index contributed by atoms with van der Waals surface area (Å²) >= 11 is 0. The second-order valence-corrected chi connectivity index (χ2v) is 8.63. The molecule has 0 aromatic heterocycles. The van der Waals surface area contributed by atoms with Crippen LogP contribution in [-0.2, 0) is 0 Å². The normalized spacial score (nSPS) is 26.0. The van der Waals surface area contributed by atoms with Crippen LogP contribution >= 0.6 is 0 Å². The van der Waals surface area contributed by atoms with E-state index < -0.39 is 0 Å². The summed E-state index contributed by atoms with van der Waals surface area (Å²) < 4.78 is 17.9. The molecule has 2 aromatic carbocycles. The van der Waals surface area contributed by atoms with Gasteiger partial charge in [0.15, 0.2) is 11.5 Å². The Morgan fingerprint density at radius 2 is 1.64 bits per heavy atom. The Kier molecular flexibility index (Phi) is 4.16. The van der Waals surface area contributed by atoms with Gasteiger partial charge in [0.2, 0.25) is 12.5 Å². The van der Waals surface area contributed by atoms with Crippen molar-refractivity contribution in [1.29, 1.82) is 0 Å². The van der Waals surface area contributed by atoms with Gasteiger partial charge in [-0.05, 0) is 23.8 Å². The van der Waals surface area contributed by atoms with E-state index in [1.165, 1.54) is 42.7 Å². The fourth-order valence-corrected chi connectivity index (χ4v) is 4.93. The van der Waals surface area contributed by atoms with Crippen LogP contribution in [0.15, 0.2) is 36.4 Å². The number of rotatable bonds is 3. The first-order chi connectivity index (χ1) is 13.5. The van der Waals surface area contributed by atoms with Gasteiger partial charge in [-0.25, -0.2) is 0 Å². The summed E-state index contributed by atoms with van der Waals surface area (Å²) in [5.74, 6) is 2.85. The van der Waals surface area contributed by atoms with Crippen LogP contribution in [0, 0.1) is 0 Å². The highest BCUT2D eigenvalue weighted by molar-refractivity contribution is 5.57. The van der Waals surface area contributed by atoms with E-state index in [0.717, 1.165) is 23.7 Å². The molecule has 0 aliphatic carbocycles. The number of nitrogens with zero attached hydrogens (tertiary/aromatic N) is 1. The Hall–Kier alpha value is -2.40. The maximum absolute atomic E-state index is 6.66. The van der Waals surface area contributed by atoms with Crippen molar-refractivity contribution in [1.82, 2.24) is 0 Å². The van der Waals surface area contributed by atoms with Crippen LogP contribution < -0.4 is 24.0 Å². The van der Waals surface area contributed by atoms with Gasteiger partial charge in [-0.3, -0.25) is 4.90 Å². The minimum absolute atomic E-state index is 0.220. The maximum atomic E-state index is 6.66. The number of ether oxygens (including phenoxy) is 3. The van der Waals surface area contributed by atoms with Crippen molar-refractivity contribution >= 4 is 5.69 Å². The molecule has 0 spiro atoms. The van der Waals surface area contributed by atoms with Crippen molar-refractivity contribution in [3.63, 3.8) is 0 Å². The Labute approximate surface area is 166 Å². The Balaban J connectivity index is 1.58. The van der Waals surface area contributed by atoms with Gasteiger partial charge >= 0.3 is 0 Å². The molecule has 28 heavy (non-hydrogen) atoms. The van der Waals surface area contributed by atoms with Crippen molar-refractivity contribution in [3.8, 4) is 17.2 Å². The zero-order chi connectivity index (χ0) is 19.3. The zero-order valence-electron chi connectivity index (χ0n) is 17.0. The molecule has 2 aromatic rings. The van der Waals surface area contributed by atoms with Crippen LogP contribution in [-0.4, -0.2) is 39.7 Å². The standard InChI is InChI=1S/C23H28N2O3/c1-23(25-10-4-5-11-25)14-19(16-6-8-17(9-7-16)24(2)3)18-12-21-22(27-15-26-21)13-20(18)28-23/h6-9,12-13,19H,4-5,10-11,14-15H2,1-3H3/p+1/t19-,23-/m0/s1. The number of hydrogen-bond acceptors (Lipinski definition) is 4. The van der Waals surface area contributed by atoms with Crippen LogP contribution in [0.1, 0.15) is 43.2 Å². The molecule has 0 saturated carbocycles. The lowest BCUT2D eigenvalue weighted by molar-refractivity contribution is -0.962. The van der Waals surface area contributed by atoms with E-state index in [1.807, 2.05) is 6.07 Å². The fraction of sp³-hybridized carbons (Fsp3) is 0.478. The van der Waals surface area contributed by atoms with Gasteiger partial charge in [0.1, 0.15) is 5.75 Å². The lowest BCUT2D eigenvalue weighted by atomic mass is 9.81. The molecule has 5 heteroatoms. The number of nitrogens with one attached hydrogen (secondary N) is 1. The van der Waals surface area contributed by atoms with E-state index in [9.17, 15) is 0 Å². The molecule has 3 heterocycles. The number of likely N-dealkylation sites (tertiary alicyclic amines) is 1. The summed E-state index contributed by atoms with van der Waals surface area (Å²) in [4.78, 5) is 3.70. The van der Waals surface area contributed by atoms with Crippen LogP contribution in [0.3, 0.4) is 0 Å². The molecule has 0 radical (unpaired) electrons. The van der Waals surface area contributed by atoms with Crippen LogP contribution in [0.2, 0.25) is 0 Å². The number of benzene rings is 2. The van der Waals surface area contributed by atoms with Gasteiger partial charge in [0.05, 0.1) is 19.5 Å². The fourth-order valence-electron chi connectivity index (χ4n) is 4.93. The van der Waals surface area contributed by atoms with E-state index in [0.29, 0.717) is 0 Å². The van der Waals surface area contributed by atoms with E-state index in [2.05, 4.69) is 56.3 Å². The van der Waals surface area contributed by atoms with Crippen molar-refractivity contribution in [3.05, 3.63) is 47.5 Å². The highest BCUT2D eigenvalue weighted by atomic mass is 16.7. The van der Waals surface area contributed by atoms with Crippen LogP contribution in [0.25, 0.3) is 0 Å². The third-order valence-electron chi connectivity index (χ3n) is 6.58. The molecule has 0 bridgehead atoms. The average molecular weight is 381 g/mol. The average Bonchev–Trinajstić information content (AvgIpc) is 3.38. The third kappa shape index (κ3) is 2.89. The minimum atomic E-state index is -0.220. The van der Waals surface area contributed by atoms with E-state index in [4.69, 9.17) is 14.2 Å². The predicted molar refractivity (Wildman–Crippen MR) is 109 cm³/mol.